The highest BCUT2D eigenvalue weighted by Crippen LogP contribution is 2.43. The van der Waals surface area contributed by atoms with Gasteiger partial charge >= 0.3 is 0 Å². The fourth-order valence-electron chi connectivity index (χ4n) is 6.05. The minimum Gasteiger partial charge on any atom is -0.383 e. The van der Waals surface area contributed by atoms with Gasteiger partial charge in [0.15, 0.2) is 0 Å². The molecule has 0 amide bonds. The summed E-state index contributed by atoms with van der Waals surface area (Å²) in [5.41, 5.74) is 15.4. The molecule has 0 aliphatic carbocycles. The second-order valence-corrected chi connectivity index (χ2v) is 10.9. The van der Waals surface area contributed by atoms with Crippen LogP contribution in [0.2, 0.25) is 0 Å². The summed E-state index contributed by atoms with van der Waals surface area (Å²) in [6.45, 7) is 0. The van der Waals surface area contributed by atoms with Crippen LogP contribution in [0.4, 0.5) is 0 Å². The minimum atomic E-state index is 0.499. The summed E-state index contributed by atoms with van der Waals surface area (Å²) >= 11 is 0. The molecule has 0 saturated carbocycles. The smallest absolute Gasteiger partial charge is 0.131 e. The van der Waals surface area contributed by atoms with Gasteiger partial charge in [0, 0.05) is 11.1 Å². The monoisotopic (exact) mass is 564 g/mol. The van der Waals surface area contributed by atoms with Crippen molar-refractivity contribution in [2.75, 3.05) is 0 Å². The zero-order valence-corrected chi connectivity index (χ0v) is 24.4. The van der Waals surface area contributed by atoms with Crippen molar-refractivity contribution in [2.45, 2.75) is 6.42 Å². The van der Waals surface area contributed by atoms with Crippen LogP contribution < -0.4 is 5.73 Å². The summed E-state index contributed by atoms with van der Waals surface area (Å²) in [5, 5.41) is 4.93. The standard InChI is InChI=1S/C42H32N2/c43-42(32-19-8-3-9-20-32)44-39(28-27-30-15-4-1-5-16-30)33-21-14-22-34(29-33)41-37-25-12-10-23-35(37)40(31-17-6-2-7-18-31)36-24-11-13-26-38(36)41/h1-26,28-29H,27H2,(H2,43,44)/b39-28-. The number of hydrogen-bond acceptors (Lipinski definition) is 1. The first kappa shape index (κ1) is 27.1. The number of nitrogens with zero attached hydrogens (tertiary/aromatic N) is 1. The number of benzene rings is 7. The molecule has 0 fully saturated rings. The maximum absolute atomic E-state index is 6.58. The van der Waals surface area contributed by atoms with Gasteiger partial charge in [-0.3, -0.25) is 0 Å². The Morgan fingerprint density at radius 3 is 1.52 bits per heavy atom. The molecule has 2 nitrogen and oxygen atoms in total. The van der Waals surface area contributed by atoms with E-state index in [9.17, 15) is 0 Å². The number of aliphatic imine (C=N–C) groups is 1. The van der Waals surface area contributed by atoms with Crippen molar-refractivity contribution < 1.29 is 0 Å². The first-order chi connectivity index (χ1) is 21.8. The molecule has 210 valence electrons. The number of fused-ring (bicyclic) bond motifs is 2. The van der Waals surface area contributed by atoms with Gasteiger partial charge in [-0.15, -0.1) is 0 Å². The van der Waals surface area contributed by atoms with Crippen molar-refractivity contribution in [2.24, 2.45) is 10.7 Å². The lowest BCUT2D eigenvalue weighted by Gasteiger charge is -2.18. The third kappa shape index (κ3) is 5.42. The number of amidine groups is 1. The van der Waals surface area contributed by atoms with Crippen LogP contribution in [0.15, 0.2) is 175 Å². The summed E-state index contributed by atoms with van der Waals surface area (Å²) in [5.74, 6) is 0.499. The van der Waals surface area contributed by atoms with E-state index in [1.165, 1.54) is 43.8 Å². The SMILES string of the molecule is NC(=N/C(=C\Cc1ccccc1)c1cccc(-c2c3ccccc3c(-c3ccccc3)c3ccccc23)c1)c1ccccc1. The Balaban J connectivity index is 1.42. The highest BCUT2D eigenvalue weighted by molar-refractivity contribution is 6.21. The van der Waals surface area contributed by atoms with E-state index in [1.54, 1.807) is 0 Å². The Hall–Kier alpha value is -5.73. The van der Waals surface area contributed by atoms with Crippen LogP contribution in [0.25, 0.3) is 49.5 Å². The highest BCUT2D eigenvalue weighted by atomic mass is 14.9. The highest BCUT2D eigenvalue weighted by Gasteiger charge is 2.17. The van der Waals surface area contributed by atoms with Crippen molar-refractivity contribution in [3.8, 4) is 22.3 Å². The van der Waals surface area contributed by atoms with Crippen molar-refractivity contribution in [3.05, 3.63) is 187 Å². The first-order valence-corrected chi connectivity index (χ1v) is 15.0. The third-order valence-corrected chi connectivity index (χ3v) is 8.13. The zero-order valence-electron chi connectivity index (χ0n) is 24.4. The van der Waals surface area contributed by atoms with E-state index in [2.05, 4.69) is 133 Å². The van der Waals surface area contributed by atoms with E-state index < -0.39 is 0 Å². The molecule has 0 atom stereocenters. The molecule has 7 aromatic rings. The average Bonchev–Trinajstić information content (AvgIpc) is 3.10. The van der Waals surface area contributed by atoms with Crippen molar-refractivity contribution >= 4 is 33.1 Å². The Kier molecular flexibility index (Phi) is 7.55. The molecule has 0 spiro atoms. The van der Waals surface area contributed by atoms with E-state index in [4.69, 9.17) is 10.7 Å². The Morgan fingerprint density at radius 2 is 0.932 bits per heavy atom. The fraction of sp³-hybridized carbons (Fsp3) is 0.0238. The van der Waals surface area contributed by atoms with Gasteiger partial charge in [-0.05, 0) is 61.8 Å². The molecule has 7 aromatic carbocycles. The van der Waals surface area contributed by atoms with Gasteiger partial charge < -0.3 is 5.73 Å². The van der Waals surface area contributed by atoms with Gasteiger partial charge in [0.25, 0.3) is 0 Å². The molecule has 7 rings (SSSR count). The molecular formula is C42H32N2. The molecule has 0 radical (unpaired) electrons. The van der Waals surface area contributed by atoms with Gasteiger partial charge in [0.05, 0.1) is 5.70 Å². The van der Waals surface area contributed by atoms with E-state index >= 15 is 0 Å². The van der Waals surface area contributed by atoms with E-state index in [0.29, 0.717) is 5.84 Å². The van der Waals surface area contributed by atoms with Crippen LogP contribution in [0.1, 0.15) is 16.7 Å². The molecule has 0 bridgehead atoms. The Bertz CT molecular complexity index is 2070. The predicted octanol–water partition coefficient (Wildman–Crippen LogP) is 10.3. The largest absolute Gasteiger partial charge is 0.383 e. The van der Waals surface area contributed by atoms with E-state index in [-0.39, 0.29) is 0 Å². The van der Waals surface area contributed by atoms with Gasteiger partial charge in [0.2, 0.25) is 0 Å². The van der Waals surface area contributed by atoms with Crippen molar-refractivity contribution in [1.29, 1.82) is 0 Å². The average molecular weight is 565 g/mol. The van der Waals surface area contributed by atoms with Crippen LogP contribution in [-0.2, 0) is 6.42 Å². The Morgan fingerprint density at radius 1 is 0.477 bits per heavy atom. The molecule has 0 aliphatic rings. The van der Waals surface area contributed by atoms with Crippen LogP contribution in [0.3, 0.4) is 0 Å². The maximum atomic E-state index is 6.58. The van der Waals surface area contributed by atoms with Gasteiger partial charge in [0.1, 0.15) is 5.84 Å². The summed E-state index contributed by atoms with van der Waals surface area (Å²) < 4.78 is 0. The molecular weight excluding hydrogens is 532 g/mol. The molecule has 0 saturated heterocycles. The fourth-order valence-corrected chi connectivity index (χ4v) is 6.05. The van der Waals surface area contributed by atoms with Crippen LogP contribution in [0.5, 0.6) is 0 Å². The summed E-state index contributed by atoms with van der Waals surface area (Å²) in [6.07, 6.45) is 2.93. The number of nitrogens with two attached hydrogens (primary N) is 1. The number of hydrogen-bond donors (Lipinski definition) is 1. The quantitative estimate of drug-likeness (QED) is 0.117. The molecule has 0 aliphatic heterocycles. The molecule has 0 aromatic heterocycles. The summed E-state index contributed by atoms with van der Waals surface area (Å²) in [4.78, 5) is 5.00. The molecule has 2 N–H and O–H groups in total. The predicted molar refractivity (Wildman–Crippen MR) is 188 cm³/mol. The second kappa shape index (κ2) is 12.2. The maximum Gasteiger partial charge on any atom is 0.131 e. The van der Waals surface area contributed by atoms with E-state index in [0.717, 1.165) is 28.8 Å². The molecule has 0 unspecified atom stereocenters. The zero-order chi connectivity index (χ0) is 29.7. The molecule has 44 heavy (non-hydrogen) atoms. The summed E-state index contributed by atoms with van der Waals surface area (Å²) in [7, 11) is 0. The lowest BCUT2D eigenvalue weighted by Crippen LogP contribution is -2.13. The number of allylic oxidation sites excluding steroid dienone is 1. The second-order valence-electron chi connectivity index (χ2n) is 10.9. The topological polar surface area (TPSA) is 38.4 Å². The van der Waals surface area contributed by atoms with Crippen LogP contribution in [0, 0.1) is 0 Å². The molecule has 2 heteroatoms. The minimum absolute atomic E-state index is 0.499. The van der Waals surface area contributed by atoms with Crippen LogP contribution >= 0.6 is 0 Å². The first-order valence-electron chi connectivity index (χ1n) is 15.0. The Labute approximate surface area is 258 Å². The lowest BCUT2D eigenvalue weighted by atomic mass is 9.85. The van der Waals surface area contributed by atoms with Gasteiger partial charge in [-0.25, -0.2) is 4.99 Å². The normalized spacial score (nSPS) is 12.1. The third-order valence-electron chi connectivity index (χ3n) is 8.13. The van der Waals surface area contributed by atoms with Gasteiger partial charge in [-0.2, -0.15) is 0 Å². The van der Waals surface area contributed by atoms with E-state index in [1.807, 2.05) is 36.4 Å². The van der Waals surface area contributed by atoms with Gasteiger partial charge in [-0.1, -0.05) is 164 Å². The molecule has 0 heterocycles. The lowest BCUT2D eigenvalue weighted by molar-refractivity contribution is 1.26. The van der Waals surface area contributed by atoms with Crippen molar-refractivity contribution in [1.82, 2.24) is 0 Å². The number of rotatable bonds is 7. The van der Waals surface area contributed by atoms with Crippen LogP contribution in [-0.4, -0.2) is 5.84 Å². The summed E-state index contributed by atoms with van der Waals surface area (Å²) in [6, 6.07) is 57.4. The van der Waals surface area contributed by atoms with Crippen molar-refractivity contribution in [3.63, 3.8) is 0 Å².